The van der Waals surface area contributed by atoms with Crippen LogP contribution >= 0.6 is 11.6 Å². The van der Waals surface area contributed by atoms with Crippen molar-refractivity contribution in [3.63, 3.8) is 0 Å². The van der Waals surface area contributed by atoms with Crippen molar-refractivity contribution >= 4 is 23.8 Å². The standard InChI is InChI=1S/C13H12ClF2NO3/c14-11-7-9(8-18)1-2-10(11)13(15,16)12(19)17-3-5-20-6-4-17/h1-2,7-8H,3-6H2. The maximum atomic E-state index is 14.2. The van der Waals surface area contributed by atoms with E-state index in [4.69, 9.17) is 16.3 Å². The number of ether oxygens (including phenoxy) is 1. The molecule has 0 bridgehead atoms. The van der Waals surface area contributed by atoms with Crippen LogP contribution in [0.25, 0.3) is 0 Å². The fourth-order valence-electron chi connectivity index (χ4n) is 1.94. The van der Waals surface area contributed by atoms with Crippen LogP contribution in [0.4, 0.5) is 8.78 Å². The molecule has 0 aliphatic carbocycles. The molecule has 0 spiro atoms. The largest absolute Gasteiger partial charge is 0.378 e. The molecule has 1 saturated heterocycles. The summed E-state index contributed by atoms with van der Waals surface area (Å²) in [7, 11) is 0. The SMILES string of the molecule is O=Cc1ccc(C(F)(F)C(=O)N2CCOCC2)c(Cl)c1. The molecule has 0 atom stereocenters. The first kappa shape index (κ1) is 14.9. The summed E-state index contributed by atoms with van der Waals surface area (Å²) in [5, 5.41) is -0.304. The van der Waals surface area contributed by atoms with Gasteiger partial charge in [-0.3, -0.25) is 9.59 Å². The first-order chi connectivity index (χ1) is 9.46. The molecule has 1 aromatic carbocycles. The zero-order chi connectivity index (χ0) is 14.8. The van der Waals surface area contributed by atoms with E-state index >= 15 is 0 Å². The second-order valence-corrected chi connectivity index (χ2v) is 4.74. The highest BCUT2D eigenvalue weighted by Crippen LogP contribution is 2.35. The second-order valence-electron chi connectivity index (χ2n) is 4.34. The highest BCUT2D eigenvalue weighted by atomic mass is 35.5. The van der Waals surface area contributed by atoms with Gasteiger partial charge in [-0.2, -0.15) is 8.78 Å². The first-order valence-electron chi connectivity index (χ1n) is 5.97. The Bertz CT molecular complexity index is 530. The smallest absolute Gasteiger partial charge is 0.351 e. The minimum Gasteiger partial charge on any atom is -0.378 e. The molecule has 0 unspecified atom stereocenters. The molecular formula is C13H12ClF2NO3. The Balaban J connectivity index is 2.28. The fourth-order valence-corrected chi connectivity index (χ4v) is 2.25. The van der Waals surface area contributed by atoms with Crippen molar-refractivity contribution in [2.24, 2.45) is 0 Å². The van der Waals surface area contributed by atoms with Gasteiger partial charge in [-0.05, 0) is 6.07 Å². The summed E-state index contributed by atoms with van der Waals surface area (Å²) in [6.07, 6.45) is 0.498. The average molecular weight is 304 g/mol. The number of carbonyl (C=O) groups excluding carboxylic acids is 2. The van der Waals surface area contributed by atoms with Crippen molar-refractivity contribution in [2.75, 3.05) is 26.3 Å². The lowest BCUT2D eigenvalue weighted by Gasteiger charge is -2.30. The van der Waals surface area contributed by atoms with Gasteiger partial charge >= 0.3 is 5.92 Å². The van der Waals surface area contributed by atoms with Gasteiger partial charge in [-0.25, -0.2) is 0 Å². The zero-order valence-electron chi connectivity index (χ0n) is 10.4. The summed E-state index contributed by atoms with van der Waals surface area (Å²) in [5.41, 5.74) is -0.422. The summed E-state index contributed by atoms with van der Waals surface area (Å²) in [4.78, 5) is 23.5. The maximum absolute atomic E-state index is 14.2. The van der Waals surface area contributed by atoms with Gasteiger partial charge in [0.1, 0.15) is 6.29 Å². The molecule has 20 heavy (non-hydrogen) atoms. The first-order valence-corrected chi connectivity index (χ1v) is 6.34. The molecule has 1 amide bonds. The molecule has 1 aliphatic heterocycles. The maximum Gasteiger partial charge on any atom is 0.351 e. The molecular weight excluding hydrogens is 292 g/mol. The summed E-state index contributed by atoms with van der Waals surface area (Å²) >= 11 is 5.74. The normalized spacial score (nSPS) is 16.1. The Morgan fingerprint density at radius 3 is 2.55 bits per heavy atom. The number of nitrogens with zero attached hydrogens (tertiary/aromatic N) is 1. The van der Waals surface area contributed by atoms with E-state index in [0.29, 0.717) is 6.29 Å². The molecule has 0 radical (unpaired) electrons. The highest BCUT2D eigenvalue weighted by Gasteiger charge is 2.45. The molecule has 0 saturated carbocycles. The number of aldehydes is 1. The lowest BCUT2D eigenvalue weighted by molar-refractivity contribution is -0.163. The molecule has 1 aliphatic rings. The lowest BCUT2D eigenvalue weighted by atomic mass is 10.0. The molecule has 4 nitrogen and oxygen atoms in total. The van der Waals surface area contributed by atoms with Crippen molar-refractivity contribution in [3.8, 4) is 0 Å². The lowest BCUT2D eigenvalue weighted by Crippen LogP contribution is -2.47. The van der Waals surface area contributed by atoms with Crippen LogP contribution in [-0.2, 0) is 15.5 Å². The van der Waals surface area contributed by atoms with Crippen LogP contribution in [0.15, 0.2) is 18.2 Å². The summed E-state index contributed by atoms with van der Waals surface area (Å²) in [6.45, 7) is 0.718. The molecule has 0 aromatic heterocycles. The summed E-state index contributed by atoms with van der Waals surface area (Å²) in [5.74, 6) is -5.03. The number of hydrogen-bond donors (Lipinski definition) is 0. The van der Waals surface area contributed by atoms with E-state index in [2.05, 4.69) is 0 Å². The van der Waals surface area contributed by atoms with Crippen LogP contribution in [0, 0.1) is 0 Å². The predicted molar refractivity (Wildman–Crippen MR) is 68.1 cm³/mol. The van der Waals surface area contributed by atoms with Crippen LogP contribution < -0.4 is 0 Å². The molecule has 1 aromatic rings. The third-order valence-corrected chi connectivity index (χ3v) is 3.35. The summed E-state index contributed by atoms with van der Waals surface area (Å²) in [6, 6.07) is 3.32. The molecule has 2 rings (SSSR count). The number of alkyl halides is 2. The molecule has 0 N–H and O–H groups in total. The number of morpholine rings is 1. The van der Waals surface area contributed by atoms with E-state index in [1.54, 1.807) is 0 Å². The highest BCUT2D eigenvalue weighted by molar-refractivity contribution is 6.32. The molecule has 7 heteroatoms. The summed E-state index contributed by atoms with van der Waals surface area (Å²) < 4.78 is 33.5. The van der Waals surface area contributed by atoms with E-state index in [9.17, 15) is 18.4 Å². The van der Waals surface area contributed by atoms with E-state index in [-0.39, 0.29) is 36.9 Å². The van der Waals surface area contributed by atoms with Crippen molar-refractivity contribution in [2.45, 2.75) is 5.92 Å². The van der Waals surface area contributed by atoms with Gasteiger partial charge in [0, 0.05) is 24.2 Å². The number of halogens is 3. The molecule has 1 heterocycles. The number of hydrogen-bond acceptors (Lipinski definition) is 3. The van der Waals surface area contributed by atoms with Crippen LogP contribution in [0.3, 0.4) is 0 Å². The van der Waals surface area contributed by atoms with Crippen LogP contribution in [0.5, 0.6) is 0 Å². The van der Waals surface area contributed by atoms with Crippen molar-refractivity contribution in [1.82, 2.24) is 4.90 Å². The Kier molecular flexibility index (Phi) is 4.35. The fraction of sp³-hybridized carbons (Fsp3) is 0.385. The number of carbonyl (C=O) groups is 2. The third-order valence-electron chi connectivity index (χ3n) is 3.03. The van der Waals surface area contributed by atoms with Crippen LogP contribution in [-0.4, -0.2) is 43.4 Å². The predicted octanol–water partition coefficient (Wildman–Crippen LogP) is 2.10. The minimum absolute atomic E-state index is 0.123. The van der Waals surface area contributed by atoms with Gasteiger partial charge in [0.25, 0.3) is 5.91 Å². The van der Waals surface area contributed by atoms with Gasteiger partial charge in [0.15, 0.2) is 0 Å². The van der Waals surface area contributed by atoms with Crippen molar-refractivity contribution in [3.05, 3.63) is 34.3 Å². The number of benzene rings is 1. The van der Waals surface area contributed by atoms with Gasteiger partial charge in [0.05, 0.1) is 18.2 Å². The second kappa shape index (κ2) is 5.85. The average Bonchev–Trinajstić information content (AvgIpc) is 2.46. The van der Waals surface area contributed by atoms with Gasteiger partial charge < -0.3 is 9.64 Å². The third kappa shape index (κ3) is 2.81. The Morgan fingerprint density at radius 2 is 2.00 bits per heavy atom. The Morgan fingerprint density at radius 1 is 1.35 bits per heavy atom. The van der Waals surface area contributed by atoms with Crippen LogP contribution in [0.1, 0.15) is 15.9 Å². The zero-order valence-corrected chi connectivity index (χ0v) is 11.2. The Labute approximate surface area is 119 Å². The topological polar surface area (TPSA) is 46.6 Å². The van der Waals surface area contributed by atoms with E-state index in [0.717, 1.165) is 17.0 Å². The van der Waals surface area contributed by atoms with Gasteiger partial charge in [-0.15, -0.1) is 0 Å². The van der Waals surface area contributed by atoms with Crippen LogP contribution in [0.2, 0.25) is 5.02 Å². The van der Waals surface area contributed by atoms with Crippen molar-refractivity contribution < 1.29 is 23.1 Å². The molecule has 1 fully saturated rings. The Hall–Kier alpha value is -1.53. The van der Waals surface area contributed by atoms with Gasteiger partial charge in [-0.1, -0.05) is 23.7 Å². The minimum atomic E-state index is -3.73. The van der Waals surface area contributed by atoms with E-state index in [1.807, 2.05) is 0 Å². The number of rotatable bonds is 3. The molecule has 108 valence electrons. The monoisotopic (exact) mass is 303 g/mol. The van der Waals surface area contributed by atoms with E-state index < -0.39 is 17.4 Å². The number of amides is 1. The van der Waals surface area contributed by atoms with E-state index in [1.165, 1.54) is 6.07 Å². The quantitative estimate of drug-likeness (QED) is 0.804. The van der Waals surface area contributed by atoms with Gasteiger partial charge in [0.2, 0.25) is 0 Å². The van der Waals surface area contributed by atoms with Crippen molar-refractivity contribution in [1.29, 1.82) is 0 Å².